The van der Waals surface area contributed by atoms with Crippen molar-refractivity contribution in [3.63, 3.8) is 0 Å². The predicted molar refractivity (Wildman–Crippen MR) is 104 cm³/mol. The van der Waals surface area contributed by atoms with E-state index in [9.17, 15) is 4.39 Å². The maximum Gasteiger partial charge on any atom is 0.180 e. The van der Waals surface area contributed by atoms with Crippen LogP contribution in [0, 0.1) is 5.82 Å². The van der Waals surface area contributed by atoms with Crippen LogP contribution in [0.4, 0.5) is 4.39 Å². The molecule has 0 atom stereocenters. The van der Waals surface area contributed by atoms with E-state index in [2.05, 4.69) is 10.3 Å². The molecule has 0 amide bonds. The molecule has 7 heteroatoms. The Morgan fingerprint density at radius 2 is 1.86 bits per heavy atom. The number of hydrogen-bond acceptors (Lipinski definition) is 4. The van der Waals surface area contributed by atoms with Gasteiger partial charge < -0.3 is 27.2 Å². The molecule has 4 nitrogen and oxygen atoms in total. The minimum Gasteiger partial charge on any atom is -1.00 e. The van der Waals surface area contributed by atoms with Crippen LogP contribution in [-0.4, -0.2) is 12.1 Å². The molecule has 0 saturated carbocycles. The highest BCUT2D eigenvalue weighted by molar-refractivity contribution is 6.32. The standard InChI is InChI=1S/C21H20ClFN2O2.ClH/c1-26-20-11-15(12-24-13-17-7-4-5-9-25-17)10-18(22)21(20)27-14-16-6-2-3-8-19(16)23;/h2-11,24H,12-14H2,1H3;1H/p-1. The lowest BCUT2D eigenvalue weighted by atomic mass is 10.2. The van der Waals surface area contributed by atoms with E-state index < -0.39 is 0 Å². The molecule has 3 aromatic rings. The average molecular weight is 422 g/mol. The Hall–Kier alpha value is -2.34. The first-order chi connectivity index (χ1) is 13.2. The van der Waals surface area contributed by atoms with Crippen LogP contribution in [0.25, 0.3) is 0 Å². The van der Waals surface area contributed by atoms with Crippen LogP contribution in [0.2, 0.25) is 5.02 Å². The highest BCUT2D eigenvalue weighted by atomic mass is 35.5. The largest absolute Gasteiger partial charge is 1.00 e. The summed E-state index contributed by atoms with van der Waals surface area (Å²) in [5.74, 6) is 0.590. The smallest absolute Gasteiger partial charge is 0.180 e. The summed E-state index contributed by atoms with van der Waals surface area (Å²) in [5.41, 5.74) is 2.36. The molecule has 2 aromatic carbocycles. The maximum atomic E-state index is 13.8. The number of benzene rings is 2. The molecular formula is C21H20Cl2FN2O2-. The van der Waals surface area contributed by atoms with Gasteiger partial charge in [0.1, 0.15) is 12.4 Å². The molecule has 3 rings (SSSR count). The van der Waals surface area contributed by atoms with Crippen molar-refractivity contribution in [3.05, 3.63) is 88.5 Å². The Balaban J connectivity index is 0.00000280. The van der Waals surface area contributed by atoms with Crippen molar-refractivity contribution in [1.82, 2.24) is 10.3 Å². The van der Waals surface area contributed by atoms with Crippen LogP contribution < -0.4 is 27.2 Å². The molecule has 0 radical (unpaired) electrons. The van der Waals surface area contributed by atoms with E-state index in [0.717, 1.165) is 11.3 Å². The molecular weight excluding hydrogens is 402 g/mol. The topological polar surface area (TPSA) is 43.4 Å². The summed E-state index contributed by atoms with van der Waals surface area (Å²) >= 11 is 6.38. The normalized spacial score (nSPS) is 10.2. The fourth-order valence-corrected chi connectivity index (χ4v) is 2.91. The summed E-state index contributed by atoms with van der Waals surface area (Å²) in [6.07, 6.45) is 1.76. The van der Waals surface area contributed by atoms with Crippen LogP contribution in [0.5, 0.6) is 11.5 Å². The molecule has 0 spiro atoms. The van der Waals surface area contributed by atoms with Crippen LogP contribution in [0.3, 0.4) is 0 Å². The molecule has 0 saturated heterocycles. The molecule has 1 N–H and O–H groups in total. The third-order valence-electron chi connectivity index (χ3n) is 3.98. The van der Waals surface area contributed by atoms with E-state index in [0.29, 0.717) is 35.2 Å². The lowest BCUT2D eigenvalue weighted by molar-refractivity contribution is -0.00000664. The summed E-state index contributed by atoms with van der Waals surface area (Å²) in [6, 6.07) is 15.9. The van der Waals surface area contributed by atoms with Gasteiger partial charge in [-0.15, -0.1) is 0 Å². The van der Waals surface area contributed by atoms with Crippen LogP contribution >= 0.6 is 11.6 Å². The van der Waals surface area contributed by atoms with Crippen LogP contribution in [0.1, 0.15) is 16.8 Å². The van der Waals surface area contributed by atoms with Crippen molar-refractivity contribution in [1.29, 1.82) is 0 Å². The molecule has 0 aliphatic heterocycles. The Kier molecular flexibility index (Phi) is 8.51. The van der Waals surface area contributed by atoms with E-state index in [1.807, 2.05) is 30.3 Å². The molecule has 1 aromatic heterocycles. The number of nitrogens with one attached hydrogen (secondary N) is 1. The molecule has 148 valence electrons. The van der Waals surface area contributed by atoms with Gasteiger partial charge in [-0.2, -0.15) is 0 Å². The summed E-state index contributed by atoms with van der Waals surface area (Å²) in [5, 5.41) is 3.73. The van der Waals surface area contributed by atoms with Crippen molar-refractivity contribution in [3.8, 4) is 11.5 Å². The summed E-state index contributed by atoms with van der Waals surface area (Å²) in [6.45, 7) is 1.31. The first-order valence-corrected chi connectivity index (χ1v) is 8.88. The zero-order valence-corrected chi connectivity index (χ0v) is 16.8. The Labute approximate surface area is 175 Å². The lowest BCUT2D eigenvalue weighted by Gasteiger charge is -2.15. The summed E-state index contributed by atoms with van der Waals surface area (Å²) < 4.78 is 24.9. The second-order valence-electron chi connectivity index (χ2n) is 5.91. The Bertz CT molecular complexity index is 895. The van der Waals surface area contributed by atoms with Crippen molar-refractivity contribution < 1.29 is 26.3 Å². The quantitative estimate of drug-likeness (QED) is 0.601. The SMILES string of the molecule is COc1cc(CNCc2ccccn2)cc(Cl)c1OCc1ccccc1F.[Cl-]. The van der Waals surface area contributed by atoms with E-state index in [4.69, 9.17) is 21.1 Å². The number of methoxy groups -OCH3 is 1. The molecule has 1 heterocycles. The van der Waals surface area contributed by atoms with E-state index >= 15 is 0 Å². The van der Waals surface area contributed by atoms with Crippen molar-refractivity contribution in [2.75, 3.05) is 7.11 Å². The number of rotatable bonds is 8. The third-order valence-corrected chi connectivity index (χ3v) is 4.26. The molecule has 0 aliphatic rings. The Morgan fingerprint density at radius 1 is 1.07 bits per heavy atom. The van der Waals surface area contributed by atoms with Gasteiger partial charge in [0.05, 0.1) is 17.8 Å². The van der Waals surface area contributed by atoms with E-state index in [1.54, 1.807) is 31.5 Å². The van der Waals surface area contributed by atoms with Gasteiger partial charge in [0.25, 0.3) is 0 Å². The van der Waals surface area contributed by atoms with Gasteiger partial charge in [-0.1, -0.05) is 35.9 Å². The highest BCUT2D eigenvalue weighted by Crippen LogP contribution is 2.37. The predicted octanol–water partition coefficient (Wildman–Crippen LogP) is 1.76. The Morgan fingerprint density at radius 3 is 2.57 bits per heavy atom. The van der Waals surface area contributed by atoms with Crippen molar-refractivity contribution in [2.24, 2.45) is 0 Å². The molecule has 0 aliphatic carbocycles. The van der Waals surface area contributed by atoms with Gasteiger partial charge in [0.2, 0.25) is 0 Å². The number of nitrogens with zero attached hydrogens (tertiary/aromatic N) is 1. The first kappa shape index (κ1) is 22.0. The van der Waals surface area contributed by atoms with Crippen LogP contribution in [-0.2, 0) is 19.7 Å². The fourth-order valence-electron chi connectivity index (χ4n) is 2.62. The van der Waals surface area contributed by atoms with Crippen molar-refractivity contribution >= 4 is 11.6 Å². The second kappa shape index (κ2) is 10.9. The lowest BCUT2D eigenvalue weighted by Crippen LogP contribution is -3.00. The van der Waals surface area contributed by atoms with E-state index in [-0.39, 0.29) is 24.8 Å². The molecule has 0 bridgehead atoms. The zero-order chi connectivity index (χ0) is 19.1. The monoisotopic (exact) mass is 421 g/mol. The molecule has 0 fully saturated rings. The van der Waals surface area contributed by atoms with Gasteiger partial charge in [-0.3, -0.25) is 4.98 Å². The van der Waals surface area contributed by atoms with Gasteiger partial charge in [-0.05, 0) is 35.9 Å². The van der Waals surface area contributed by atoms with Crippen LogP contribution in [0.15, 0.2) is 60.8 Å². The second-order valence-corrected chi connectivity index (χ2v) is 6.32. The van der Waals surface area contributed by atoms with Gasteiger partial charge in [0, 0.05) is 24.8 Å². The minimum absolute atomic E-state index is 0. The van der Waals surface area contributed by atoms with Gasteiger partial charge in [-0.25, -0.2) is 4.39 Å². The number of pyridine rings is 1. The molecule has 0 unspecified atom stereocenters. The van der Waals surface area contributed by atoms with Crippen molar-refractivity contribution in [2.45, 2.75) is 19.7 Å². The number of aromatic nitrogens is 1. The van der Waals surface area contributed by atoms with Gasteiger partial charge >= 0.3 is 0 Å². The van der Waals surface area contributed by atoms with E-state index in [1.165, 1.54) is 6.07 Å². The zero-order valence-electron chi connectivity index (χ0n) is 15.3. The maximum absolute atomic E-state index is 13.8. The minimum atomic E-state index is -0.317. The third kappa shape index (κ3) is 5.83. The average Bonchev–Trinajstić information content (AvgIpc) is 2.69. The highest BCUT2D eigenvalue weighted by Gasteiger charge is 2.13. The summed E-state index contributed by atoms with van der Waals surface area (Å²) in [7, 11) is 1.55. The molecule has 28 heavy (non-hydrogen) atoms. The number of halogens is 3. The fraction of sp³-hybridized carbons (Fsp3) is 0.190. The summed E-state index contributed by atoms with van der Waals surface area (Å²) in [4.78, 5) is 4.27. The number of ether oxygens (including phenoxy) is 2. The number of hydrogen-bond donors (Lipinski definition) is 1. The van der Waals surface area contributed by atoms with Gasteiger partial charge in [0.15, 0.2) is 11.5 Å². The first-order valence-electron chi connectivity index (χ1n) is 8.50.